The second-order valence-corrected chi connectivity index (χ2v) is 6.38. The molecule has 0 fully saturated rings. The highest BCUT2D eigenvalue weighted by atomic mass is 32.2. The normalized spacial score (nSPS) is 14.0. The lowest BCUT2D eigenvalue weighted by Crippen LogP contribution is -2.04. The zero-order chi connectivity index (χ0) is 14.8. The molecule has 0 saturated heterocycles. The molecule has 1 aliphatic heterocycles. The maximum absolute atomic E-state index is 5.77. The molecule has 1 heterocycles. The van der Waals surface area contributed by atoms with Gasteiger partial charge in [-0.1, -0.05) is 50.8 Å². The zero-order valence-electron chi connectivity index (χ0n) is 12.9. The summed E-state index contributed by atoms with van der Waals surface area (Å²) in [6.45, 7) is 3.99. The number of rotatable bonds is 9. The minimum Gasteiger partial charge on any atom is -0.494 e. The lowest BCUT2D eigenvalue weighted by Gasteiger charge is -2.08. The fourth-order valence-corrected chi connectivity index (χ4v) is 2.99. The molecular weight excluding hydrogens is 280 g/mol. The molecule has 0 spiro atoms. The van der Waals surface area contributed by atoms with Crippen molar-refractivity contribution < 1.29 is 4.74 Å². The lowest BCUT2D eigenvalue weighted by molar-refractivity contribution is 0.304. The third kappa shape index (κ3) is 6.42. The first-order valence-corrected chi connectivity index (χ1v) is 9.04. The van der Waals surface area contributed by atoms with E-state index in [2.05, 4.69) is 29.4 Å². The van der Waals surface area contributed by atoms with Crippen molar-refractivity contribution >= 4 is 22.6 Å². The van der Waals surface area contributed by atoms with Crippen molar-refractivity contribution in [2.45, 2.75) is 45.4 Å². The number of nitrogens with zero attached hydrogens (tertiary/aromatic N) is 1. The fraction of sp³-hybridized carbons (Fsp3) is 0.588. The molecule has 21 heavy (non-hydrogen) atoms. The van der Waals surface area contributed by atoms with Gasteiger partial charge in [0.05, 0.1) is 13.2 Å². The molecule has 3 nitrogen and oxygen atoms in total. The predicted octanol–water partition coefficient (Wildman–Crippen LogP) is 4.94. The Morgan fingerprint density at radius 2 is 1.86 bits per heavy atom. The predicted molar refractivity (Wildman–Crippen MR) is 93.7 cm³/mol. The smallest absolute Gasteiger partial charge is 0.161 e. The molecule has 0 unspecified atom stereocenters. The van der Waals surface area contributed by atoms with Crippen molar-refractivity contribution in [1.29, 1.82) is 0 Å². The first kappa shape index (κ1) is 16.2. The quantitative estimate of drug-likeness (QED) is 0.656. The van der Waals surface area contributed by atoms with E-state index in [4.69, 9.17) is 4.74 Å². The molecule has 1 N–H and O–H groups in total. The van der Waals surface area contributed by atoms with Gasteiger partial charge >= 0.3 is 0 Å². The van der Waals surface area contributed by atoms with Gasteiger partial charge < -0.3 is 10.1 Å². The number of unbranched alkanes of at least 4 members (excludes halogenated alkanes) is 5. The van der Waals surface area contributed by atoms with Crippen LogP contribution in [-0.4, -0.2) is 24.1 Å². The second kappa shape index (κ2) is 9.72. The number of benzene rings is 1. The van der Waals surface area contributed by atoms with Gasteiger partial charge in [-0.2, -0.15) is 0 Å². The van der Waals surface area contributed by atoms with Crippen LogP contribution in [0.3, 0.4) is 0 Å². The van der Waals surface area contributed by atoms with Crippen LogP contribution in [0.4, 0.5) is 5.69 Å². The Morgan fingerprint density at radius 3 is 2.57 bits per heavy atom. The van der Waals surface area contributed by atoms with Crippen LogP contribution in [0.1, 0.15) is 45.4 Å². The van der Waals surface area contributed by atoms with E-state index < -0.39 is 0 Å². The van der Waals surface area contributed by atoms with E-state index in [1.54, 1.807) is 11.8 Å². The monoisotopic (exact) mass is 306 g/mol. The van der Waals surface area contributed by atoms with E-state index in [-0.39, 0.29) is 0 Å². The summed E-state index contributed by atoms with van der Waals surface area (Å²) >= 11 is 1.77. The van der Waals surface area contributed by atoms with Crippen LogP contribution in [0.2, 0.25) is 0 Å². The average Bonchev–Trinajstić information content (AvgIpc) is 3.01. The standard InChI is InChI=1S/C17H26N2OS/c1-2-3-4-5-6-7-13-20-16-10-8-15(9-11-16)19-17-18-12-14-21-17/h8-11H,2-7,12-14H2,1H3,(H,18,19). The van der Waals surface area contributed by atoms with Gasteiger partial charge in [0.25, 0.3) is 0 Å². The third-order valence-electron chi connectivity index (χ3n) is 3.46. The number of amidine groups is 1. The summed E-state index contributed by atoms with van der Waals surface area (Å²) in [5, 5.41) is 4.35. The summed E-state index contributed by atoms with van der Waals surface area (Å²) < 4.78 is 5.77. The van der Waals surface area contributed by atoms with E-state index in [0.717, 1.165) is 41.9 Å². The maximum atomic E-state index is 5.77. The van der Waals surface area contributed by atoms with E-state index in [0.29, 0.717) is 0 Å². The molecule has 4 heteroatoms. The fourth-order valence-electron chi connectivity index (χ4n) is 2.24. The minimum absolute atomic E-state index is 0.821. The van der Waals surface area contributed by atoms with Gasteiger partial charge in [-0.25, -0.2) is 0 Å². The number of hydrogen-bond donors (Lipinski definition) is 1. The van der Waals surface area contributed by atoms with Gasteiger partial charge in [0.15, 0.2) is 5.17 Å². The summed E-state index contributed by atoms with van der Waals surface area (Å²) in [6, 6.07) is 8.16. The highest BCUT2D eigenvalue weighted by Crippen LogP contribution is 2.19. The van der Waals surface area contributed by atoms with E-state index in [1.165, 1.54) is 32.1 Å². The van der Waals surface area contributed by atoms with Crippen molar-refractivity contribution in [2.75, 3.05) is 24.2 Å². The Kier molecular flexibility index (Phi) is 7.50. The zero-order valence-corrected chi connectivity index (χ0v) is 13.8. The molecule has 0 aromatic heterocycles. The van der Waals surface area contributed by atoms with Gasteiger partial charge in [-0.05, 0) is 30.7 Å². The van der Waals surface area contributed by atoms with Gasteiger partial charge in [0.2, 0.25) is 0 Å². The molecule has 0 atom stereocenters. The lowest BCUT2D eigenvalue weighted by atomic mass is 10.1. The highest BCUT2D eigenvalue weighted by molar-refractivity contribution is 8.14. The van der Waals surface area contributed by atoms with Crippen molar-refractivity contribution in [3.63, 3.8) is 0 Å². The summed E-state index contributed by atoms with van der Waals surface area (Å²) in [6.07, 6.45) is 7.78. The summed E-state index contributed by atoms with van der Waals surface area (Å²) in [5.41, 5.74) is 1.08. The topological polar surface area (TPSA) is 33.6 Å². The van der Waals surface area contributed by atoms with Crippen LogP contribution >= 0.6 is 11.8 Å². The van der Waals surface area contributed by atoms with Crippen LogP contribution in [-0.2, 0) is 0 Å². The second-order valence-electron chi connectivity index (χ2n) is 5.30. The minimum atomic E-state index is 0.821. The van der Waals surface area contributed by atoms with Crippen LogP contribution in [0.5, 0.6) is 5.75 Å². The summed E-state index contributed by atoms with van der Waals surface area (Å²) in [4.78, 5) is 4.38. The molecule has 1 aliphatic rings. The maximum Gasteiger partial charge on any atom is 0.161 e. The van der Waals surface area contributed by atoms with E-state index in [1.807, 2.05) is 12.1 Å². The largest absolute Gasteiger partial charge is 0.494 e. The third-order valence-corrected chi connectivity index (χ3v) is 4.35. The molecule has 2 rings (SSSR count). The molecule has 1 aromatic rings. The number of hydrogen-bond acceptors (Lipinski definition) is 4. The van der Waals surface area contributed by atoms with Gasteiger partial charge in [0.1, 0.15) is 5.75 Å². The average molecular weight is 306 g/mol. The Labute approximate surface area is 132 Å². The Hall–Kier alpha value is -1.16. The molecule has 1 aromatic carbocycles. The highest BCUT2D eigenvalue weighted by Gasteiger charge is 2.06. The van der Waals surface area contributed by atoms with Gasteiger partial charge in [-0.15, -0.1) is 0 Å². The van der Waals surface area contributed by atoms with Gasteiger partial charge in [-0.3, -0.25) is 4.99 Å². The van der Waals surface area contributed by atoms with Crippen LogP contribution < -0.4 is 10.1 Å². The molecule has 0 amide bonds. The Bertz CT molecular complexity index is 431. The molecular formula is C17H26N2OS. The van der Waals surface area contributed by atoms with Crippen LogP contribution in [0.25, 0.3) is 0 Å². The van der Waals surface area contributed by atoms with Crippen LogP contribution in [0, 0.1) is 0 Å². The van der Waals surface area contributed by atoms with Crippen LogP contribution in [0.15, 0.2) is 29.3 Å². The van der Waals surface area contributed by atoms with Gasteiger partial charge in [0, 0.05) is 11.4 Å². The number of ether oxygens (including phenoxy) is 1. The molecule has 0 saturated carbocycles. The number of anilines is 1. The first-order chi connectivity index (χ1) is 10.4. The Morgan fingerprint density at radius 1 is 1.10 bits per heavy atom. The molecule has 116 valence electrons. The summed E-state index contributed by atoms with van der Waals surface area (Å²) in [5.74, 6) is 2.04. The Balaban J connectivity index is 1.61. The summed E-state index contributed by atoms with van der Waals surface area (Å²) in [7, 11) is 0. The molecule has 0 bridgehead atoms. The number of nitrogens with one attached hydrogen (secondary N) is 1. The molecule has 0 aliphatic carbocycles. The van der Waals surface area contributed by atoms with Crippen molar-refractivity contribution in [1.82, 2.24) is 0 Å². The SMILES string of the molecule is CCCCCCCCOc1ccc(NC2=NCCS2)cc1. The molecule has 0 radical (unpaired) electrons. The van der Waals surface area contributed by atoms with E-state index in [9.17, 15) is 0 Å². The number of thioether (sulfide) groups is 1. The van der Waals surface area contributed by atoms with Crippen molar-refractivity contribution in [3.05, 3.63) is 24.3 Å². The first-order valence-electron chi connectivity index (χ1n) is 8.05. The number of aliphatic imine (C=N–C) groups is 1. The van der Waals surface area contributed by atoms with Crippen molar-refractivity contribution in [2.24, 2.45) is 4.99 Å². The van der Waals surface area contributed by atoms with E-state index >= 15 is 0 Å². The van der Waals surface area contributed by atoms with Crippen molar-refractivity contribution in [3.8, 4) is 5.75 Å².